The van der Waals surface area contributed by atoms with E-state index in [1.165, 1.54) is 11.1 Å². The number of fused-ring (bicyclic) bond motifs is 1. The molecule has 2 aromatic rings. The largest absolute Gasteiger partial charge is 0.493 e. The van der Waals surface area contributed by atoms with Crippen molar-refractivity contribution in [2.75, 3.05) is 6.61 Å². The summed E-state index contributed by atoms with van der Waals surface area (Å²) in [6.45, 7) is 2.50. The molecule has 0 aliphatic carbocycles. The Bertz CT molecular complexity index is 493. The van der Waals surface area contributed by atoms with Gasteiger partial charge in [0.25, 0.3) is 0 Å². The van der Waals surface area contributed by atoms with E-state index < -0.39 is 0 Å². The second kappa shape index (κ2) is 4.59. The van der Waals surface area contributed by atoms with Gasteiger partial charge < -0.3 is 15.0 Å². The lowest BCUT2D eigenvalue weighted by Gasteiger charge is -2.05. The van der Waals surface area contributed by atoms with Crippen molar-refractivity contribution in [1.29, 1.82) is 0 Å². The first-order valence-electron chi connectivity index (χ1n) is 5.84. The van der Waals surface area contributed by atoms with Crippen LogP contribution >= 0.6 is 0 Å². The van der Waals surface area contributed by atoms with Crippen molar-refractivity contribution in [3.8, 4) is 5.75 Å². The molecule has 0 unspecified atom stereocenters. The Balaban J connectivity index is 1.58. The van der Waals surface area contributed by atoms with Crippen LogP contribution in [0, 0.1) is 0 Å². The van der Waals surface area contributed by atoms with E-state index in [0.29, 0.717) is 0 Å². The van der Waals surface area contributed by atoms with Crippen molar-refractivity contribution in [2.24, 2.45) is 0 Å². The fourth-order valence-corrected chi connectivity index (χ4v) is 2.07. The molecule has 17 heavy (non-hydrogen) atoms. The molecule has 0 fully saturated rings. The number of nitrogens with zero attached hydrogens (tertiary/aromatic N) is 1. The third kappa shape index (κ3) is 2.31. The van der Waals surface area contributed by atoms with Gasteiger partial charge in [-0.3, -0.25) is 0 Å². The second-order valence-corrected chi connectivity index (χ2v) is 4.22. The maximum atomic E-state index is 5.48. The van der Waals surface area contributed by atoms with Crippen LogP contribution in [0.25, 0.3) is 0 Å². The molecule has 0 atom stereocenters. The van der Waals surface area contributed by atoms with E-state index in [-0.39, 0.29) is 0 Å². The number of rotatable bonds is 4. The van der Waals surface area contributed by atoms with Crippen LogP contribution < -0.4 is 10.1 Å². The number of ether oxygens (including phenoxy) is 1. The topological polar surface area (TPSA) is 49.9 Å². The zero-order chi connectivity index (χ0) is 11.5. The molecule has 0 saturated carbocycles. The fraction of sp³-hybridized carbons (Fsp3) is 0.308. The van der Waals surface area contributed by atoms with Gasteiger partial charge >= 0.3 is 0 Å². The van der Waals surface area contributed by atoms with Crippen LogP contribution in [0.2, 0.25) is 0 Å². The monoisotopic (exact) mass is 229 g/mol. The Morgan fingerprint density at radius 3 is 3.24 bits per heavy atom. The van der Waals surface area contributed by atoms with E-state index in [2.05, 4.69) is 33.5 Å². The second-order valence-electron chi connectivity index (χ2n) is 4.22. The molecule has 2 N–H and O–H groups in total. The molecule has 2 heterocycles. The van der Waals surface area contributed by atoms with Gasteiger partial charge in [0.1, 0.15) is 5.75 Å². The number of benzene rings is 1. The fourth-order valence-electron chi connectivity index (χ4n) is 2.07. The number of aromatic amines is 1. The molecule has 3 rings (SSSR count). The normalized spacial score (nSPS) is 13.4. The highest BCUT2D eigenvalue weighted by Crippen LogP contribution is 2.25. The van der Waals surface area contributed by atoms with Crippen molar-refractivity contribution < 1.29 is 4.74 Å². The smallest absolute Gasteiger partial charge is 0.122 e. The Hall–Kier alpha value is -1.81. The van der Waals surface area contributed by atoms with E-state index >= 15 is 0 Å². The van der Waals surface area contributed by atoms with Gasteiger partial charge in [0.05, 0.1) is 12.9 Å². The number of aromatic nitrogens is 2. The van der Waals surface area contributed by atoms with Crippen LogP contribution in [-0.4, -0.2) is 16.6 Å². The van der Waals surface area contributed by atoms with Crippen LogP contribution in [0.4, 0.5) is 0 Å². The van der Waals surface area contributed by atoms with Crippen LogP contribution in [0.5, 0.6) is 5.75 Å². The average molecular weight is 229 g/mol. The maximum absolute atomic E-state index is 5.48. The zero-order valence-corrected chi connectivity index (χ0v) is 9.57. The molecule has 4 nitrogen and oxygen atoms in total. The highest BCUT2D eigenvalue weighted by Gasteiger charge is 2.11. The summed E-state index contributed by atoms with van der Waals surface area (Å²) in [7, 11) is 0. The third-order valence-electron chi connectivity index (χ3n) is 2.95. The van der Waals surface area contributed by atoms with Crippen molar-refractivity contribution in [1.82, 2.24) is 15.3 Å². The number of H-pyrrole nitrogens is 1. The molecule has 0 radical (unpaired) electrons. The molecule has 1 aromatic heterocycles. The van der Waals surface area contributed by atoms with Crippen molar-refractivity contribution in [2.45, 2.75) is 19.5 Å². The molecular weight excluding hydrogens is 214 g/mol. The molecule has 1 aliphatic heterocycles. The number of hydrogen-bond donors (Lipinski definition) is 2. The van der Waals surface area contributed by atoms with E-state index in [1.54, 1.807) is 6.33 Å². The lowest BCUT2D eigenvalue weighted by molar-refractivity contribution is 0.357. The Morgan fingerprint density at radius 2 is 2.35 bits per heavy atom. The van der Waals surface area contributed by atoms with Crippen LogP contribution in [0.15, 0.2) is 30.7 Å². The Kier molecular flexibility index (Phi) is 2.80. The predicted octanol–water partition coefficient (Wildman–Crippen LogP) is 1.63. The van der Waals surface area contributed by atoms with Crippen LogP contribution in [0.1, 0.15) is 16.8 Å². The van der Waals surface area contributed by atoms with Crippen molar-refractivity contribution in [3.05, 3.63) is 47.5 Å². The first-order valence-corrected chi connectivity index (χ1v) is 5.84. The predicted molar refractivity (Wildman–Crippen MR) is 64.8 cm³/mol. The van der Waals surface area contributed by atoms with Gasteiger partial charge in [-0.25, -0.2) is 4.98 Å². The summed E-state index contributed by atoms with van der Waals surface area (Å²) in [4.78, 5) is 7.05. The SMILES string of the molecule is c1ncc(CNCc2ccc3c(c2)CCO3)[nH]1. The zero-order valence-electron chi connectivity index (χ0n) is 9.57. The van der Waals surface area contributed by atoms with Gasteiger partial charge in [0, 0.05) is 31.4 Å². The lowest BCUT2D eigenvalue weighted by atomic mass is 10.1. The molecule has 0 saturated heterocycles. The summed E-state index contributed by atoms with van der Waals surface area (Å²) in [5.74, 6) is 1.04. The van der Waals surface area contributed by atoms with E-state index in [0.717, 1.165) is 37.6 Å². The molecule has 0 amide bonds. The molecule has 1 aromatic carbocycles. The Labute approximate surface area is 100 Å². The van der Waals surface area contributed by atoms with Gasteiger partial charge in [-0.1, -0.05) is 12.1 Å². The van der Waals surface area contributed by atoms with E-state index in [1.807, 2.05) is 6.20 Å². The average Bonchev–Trinajstić information content (AvgIpc) is 2.98. The maximum Gasteiger partial charge on any atom is 0.122 e. The highest BCUT2D eigenvalue weighted by molar-refractivity contribution is 5.39. The molecule has 4 heteroatoms. The first kappa shape index (κ1) is 10.4. The van der Waals surface area contributed by atoms with Crippen LogP contribution in [-0.2, 0) is 19.5 Å². The van der Waals surface area contributed by atoms with Gasteiger partial charge in [-0.05, 0) is 17.2 Å². The highest BCUT2D eigenvalue weighted by atomic mass is 16.5. The summed E-state index contributed by atoms with van der Waals surface area (Å²) in [6, 6.07) is 6.40. The number of imidazole rings is 1. The quantitative estimate of drug-likeness (QED) is 0.838. The summed E-state index contributed by atoms with van der Waals surface area (Å²) < 4.78 is 5.48. The summed E-state index contributed by atoms with van der Waals surface area (Å²) in [5, 5.41) is 3.38. The lowest BCUT2D eigenvalue weighted by Crippen LogP contribution is -2.12. The van der Waals surface area contributed by atoms with Crippen molar-refractivity contribution in [3.63, 3.8) is 0 Å². The van der Waals surface area contributed by atoms with Gasteiger partial charge in [-0.2, -0.15) is 0 Å². The molecule has 88 valence electrons. The summed E-state index contributed by atoms with van der Waals surface area (Å²) in [6.07, 6.45) is 4.57. The molecule has 0 bridgehead atoms. The van der Waals surface area contributed by atoms with Gasteiger partial charge in [0.2, 0.25) is 0 Å². The number of hydrogen-bond acceptors (Lipinski definition) is 3. The van der Waals surface area contributed by atoms with Gasteiger partial charge in [0.15, 0.2) is 0 Å². The minimum absolute atomic E-state index is 0.813. The van der Waals surface area contributed by atoms with Gasteiger partial charge in [-0.15, -0.1) is 0 Å². The van der Waals surface area contributed by atoms with Crippen LogP contribution in [0.3, 0.4) is 0 Å². The summed E-state index contributed by atoms with van der Waals surface area (Å²) >= 11 is 0. The minimum Gasteiger partial charge on any atom is -0.493 e. The van der Waals surface area contributed by atoms with E-state index in [4.69, 9.17) is 4.74 Å². The molecule has 1 aliphatic rings. The van der Waals surface area contributed by atoms with E-state index in [9.17, 15) is 0 Å². The Morgan fingerprint density at radius 1 is 1.35 bits per heavy atom. The third-order valence-corrected chi connectivity index (χ3v) is 2.95. The standard InChI is InChI=1S/C13H15N3O/c1-2-13-11(3-4-17-13)5-10(1)6-14-7-12-8-15-9-16-12/h1-2,5,8-9,14H,3-4,6-7H2,(H,15,16). The molecular formula is C13H15N3O. The first-order chi connectivity index (χ1) is 8.42. The van der Waals surface area contributed by atoms with Crippen molar-refractivity contribution >= 4 is 0 Å². The number of nitrogens with one attached hydrogen (secondary N) is 2. The molecule has 0 spiro atoms. The summed E-state index contributed by atoms with van der Waals surface area (Å²) in [5.41, 5.74) is 3.73. The minimum atomic E-state index is 0.813.